The molecular formula is C22H26N2O3. The highest BCUT2D eigenvalue weighted by molar-refractivity contribution is 5.93. The number of likely N-dealkylation sites (tertiary alicyclic amines) is 1. The number of ether oxygens (including phenoxy) is 1. The van der Waals surface area contributed by atoms with E-state index >= 15 is 0 Å². The summed E-state index contributed by atoms with van der Waals surface area (Å²) in [4.78, 5) is 26.9. The van der Waals surface area contributed by atoms with Gasteiger partial charge in [0.15, 0.2) is 0 Å². The van der Waals surface area contributed by atoms with Gasteiger partial charge in [-0.2, -0.15) is 0 Å². The average Bonchev–Trinajstić information content (AvgIpc) is 2.70. The Morgan fingerprint density at radius 1 is 1.11 bits per heavy atom. The van der Waals surface area contributed by atoms with Crippen LogP contribution >= 0.6 is 0 Å². The number of hydrogen-bond donors (Lipinski definition) is 1. The smallest absolute Gasteiger partial charge is 0.227 e. The summed E-state index contributed by atoms with van der Waals surface area (Å²) in [6, 6.07) is 15.4. The van der Waals surface area contributed by atoms with Gasteiger partial charge in [0.2, 0.25) is 11.8 Å². The molecule has 0 saturated carbocycles. The zero-order chi connectivity index (χ0) is 19.2. The maximum Gasteiger partial charge on any atom is 0.227 e. The van der Waals surface area contributed by atoms with Crippen LogP contribution in [0.2, 0.25) is 0 Å². The van der Waals surface area contributed by atoms with Gasteiger partial charge in [0.05, 0.1) is 13.5 Å². The van der Waals surface area contributed by atoms with Crippen molar-refractivity contribution in [1.29, 1.82) is 0 Å². The normalized spacial score (nSPS) is 14.7. The highest BCUT2D eigenvalue weighted by Gasteiger charge is 2.27. The largest absolute Gasteiger partial charge is 0.497 e. The molecule has 0 aliphatic carbocycles. The Morgan fingerprint density at radius 2 is 1.81 bits per heavy atom. The van der Waals surface area contributed by atoms with Crippen molar-refractivity contribution in [3.63, 3.8) is 0 Å². The summed E-state index contributed by atoms with van der Waals surface area (Å²) < 4.78 is 5.18. The zero-order valence-corrected chi connectivity index (χ0v) is 15.9. The minimum Gasteiger partial charge on any atom is -0.497 e. The molecule has 142 valence electrons. The summed E-state index contributed by atoms with van der Waals surface area (Å²) in [5, 5.41) is 2.95. The van der Waals surface area contributed by atoms with Crippen molar-refractivity contribution in [2.75, 3.05) is 25.5 Å². The first-order valence-corrected chi connectivity index (χ1v) is 9.33. The van der Waals surface area contributed by atoms with Crippen molar-refractivity contribution in [2.45, 2.75) is 26.2 Å². The molecule has 2 aromatic rings. The second kappa shape index (κ2) is 8.71. The second-order valence-electron chi connectivity index (χ2n) is 7.04. The van der Waals surface area contributed by atoms with Crippen LogP contribution in [0.5, 0.6) is 5.75 Å². The lowest BCUT2D eigenvalue weighted by atomic mass is 9.95. The lowest BCUT2D eigenvalue weighted by Gasteiger charge is -2.31. The Morgan fingerprint density at radius 3 is 2.48 bits per heavy atom. The topological polar surface area (TPSA) is 58.6 Å². The van der Waals surface area contributed by atoms with Gasteiger partial charge in [0.25, 0.3) is 0 Å². The minimum absolute atomic E-state index is 0.00823. The molecule has 1 aliphatic heterocycles. The molecule has 27 heavy (non-hydrogen) atoms. The van der Waals surface area contributed by atoms with E-state index in [-0.39, 0.29) is 17.7 Å². The number of benzene rings is 2. The number of hydrogen-bond acceptors (Lipinski definition) is 3. The lowest BCUT2D eigenvalue weighted by molar-refractivity contribution is -0.133. The van der Waals surface area contributed by atoms with Gasteiger partial charge in [0.1, 0.15) is 5.75 Å². The minimum atomic E-state index is -0.0698. The first-order valence-electron chi connectivity index (χ1n) is 9.33. The monoisotopic (exact) mass is 366 g/mol. The summed E-state index contributed by atoms with van der Waals surface area (Å²) >= 11 is 0. The van der Waals surface area contributed by atoms with Crippen LogP contribution in [0.3, 0.4) is 0 Å². The van der Waals surface area contributed by atoms with Crippen molar-refractivity contribution in [3.05, 3.63) is 59.7 Å². The van der Waals surface area contributed by atoms with E-state index in [2.05, 4.69) is 5.32 Å². The van der Waals surface area contributed by atoms with Crippen molar-refractivity contribution >= 4 is 17.5 Å². The first kappa shape index (κ1) is 19.0. The van der Waals surface area contributed by atoms with Gasteiger partial charge in [-0.25, -0.2) is 0 Å². The Labute approximate surface area is 160 Å². The number of amides is 2. The van der Waals surface area contributed by atoms with E-state index in [1.165, 1.54) is 5.56 Å². The molecule has 1 saturated heterocycles. The van der Waals surface area contributed by atoms with Gasteiger partial charge in [-0.15, -0.1) is 0 Å². The third-order valence-electron chi connectivity index (χ3n) is 5.03. The Bertz CT molecular complexity index is 793. The summed E-state index contributed by atoms with van der Waals surface area (Å²) in [5.41, 5.74) is 2.95. The molecule has 1 fully saturated rings. The second-order valence-corrected chi connectivity index (χ2v) is 7.04. The van der Waals surface area contributed by atoms with Gasteiger partial charge in [-0.05, 0) is 37.5 Å². The SMILES string of the molecule is COc1cccc(NC(=O)C2CCN(C(=O)Cc3ccc(C)cc3)CC2)c1. The van der Waals surface area contributed by atoms with Crippen molar-refractivity contribution in [3.8, 4) is 5.75 Å². The molecule has 0 atom stereocenters. The fourth-order valence-electron chi connectivity index (χ4n) is 3.33. The van der Waals surface area contributed by atoms with E-state index in [0.29, 0.717) is 38.1 Å². The molecule has 0 unspecified atom stereocenters. The number of carbonyl (C=O) groups is 2. The zero-order valence-electron chi connectivity index (χ0n) is 15.9. The van der Waals surface area contributed by atoms with Gasteiger partial charge in [0, 0.05) is 30.8 Å². The molecule has 0 aromatic heterocycles. The highest BCUT2D eigenvalue weighted by atomic mass is 16.5. The van der Waals surface area contributed by atoms with Crippen LogP contribution in [0.15, 0.2) is 48.5 Å². The van der Waals surface area contributed by atoms with Crippen LogP contribution in [-0.2, 0) is 16.0 Å². The number of aryl methyl sites for hydroxylation is 1. The maximum absolute atomic E-state index is 12.5. The predicted octanol–water partition coefficient (Wildman–Crippen LogP) is 3.42. The molecule has 5 nitrogen and oxygen atoms in total. The molecule has 3 rings (SSSR count). The van der Waals surface area contributed by atoms with Gasteiger partial charge >= 0.3 is 0 Å². The average molecular weight is 366 g/mol. The maximum atomic E-state index is 12.5. The highest BCUT2D eigenvalue weighted by Crippen LogP contribution is 2.22. The lowest BCUT2D eigenvalue weighted by Crippen LogP contribution is -2.42. The molecule has 0 radical (unpaired) electrons. The Balaban J connectivity index is 1.49. The van der Waals surface area contributed by atoms with Crippen LogP contribution in [0.4, 0.5) is 5.69 Å². The van der Waals surface area contributed by atoms with Gasteiger partial charge in [-0.3, -0.25) is 9.59 Å². The van der Waals surface area contributed by atoms with Crippen molar-refractivity contribution in [1.82, 2.24) is 4.90 Å². The molecule has 1 heterocycles. The fraction of sp³-hybridized carbons (Fsp3) is 0.364. The summed E-state index contributed by atoms with van der Waals surface area (Å²) in [6.45, 7) is 3.29. The van der Waals surface area contributed by atoms with Gasteiger partial charge < -0.3 is 15.0 Å². The molecule has 5 heteroatoms. The van der Waals surface area contributed by atoms with E-state index in [0.717, 1.165) is 11.3 Å². The fourth-order valence-corrected chi connectivity index (χ4v) is 3.33. The number of nitrogens with zero attached hydrogens (tertiary/aromatic N) is 1. The quantitative estimate of drug-likeness (QED) is 0.882. The van der Waals surface area contributed by atoms with Crippen LogP contribution in [0.25, 0.3) is 0 Å². The standard InChI is InChI=1S/C22H26N2O3/c1-16-6-8-17(9-7-16)14-21(25)24-12-10-18(11-13-24)22(26)23-19-4-3-5-20(15-19)27-2/h3-9,15,18H,10-14H2,1-2H3,(H,23,26). The Kier molecular flexibility index (Phi) is 6.12. The molecule has 2 aromatic carbocycles. The van der Waals surface area contributed by atoms with Crippen LogP contribution in [-0.4, -0.2) is 36.9 Å². The molecule has 0 bridgehead atoms. The summed E-state index contributed by atoms with van der Waals surface area (Å²) in [5.74, 6) is 0.781. The summed E-state index contributed by atoms with van der Waals surface area (Å²) in [7, 11) is 1.60. The van der Waals surface area contributed by atoms with E-state index in [4.69, 9.17) is 4.74 Å². The molecule has 2 amide bonds. The van der Waals surface area contributed by atoms with Crippen molar-refractivity contribution in [2.24, 2.45) is 5.92 Å². The van der Waals surface area contributed by atoms with Crippen LogP contribution in [0, 0.1) is 12.8 Å². The van der Waals surface area contributed by atoms with Gasteiger partial charge in [-0.1, -0.05) is 35.9 Å². The van der Waals surface area contributed by atoms with E-state index in [1.807, 2.05) is 54.3 Å². The number of rotatable bonds is 5. The third-order valence-corrected chi connectivity index (χ3v) is 5.03. The summed E-state index contributed by atoms with van der Waals surface area (Å²) in [6.07, 6.45) is 1.80. The molecular weight excluding hydrogens is 340 g/mol. The first-order chi connectivity index (χ1) is 13.0. The number of carbonyl (C=O) groups excluding carboxylic acids is 2. The number of anilines is 1. The van der Waals surface area contributed by atoms with Crippen molar-refractivity contribution < 1.29 is 14.3 Å². The Hall–Kier alpha value is -2.82. The molecule has 0 spiro atoms. The number of piperidine rings is 1. The molecule has 1 aliphatic rings. The third kappa shape index (κ3) is 5.09. The van der Waals surface area contributed by atoms with E-state index in [1.54, 1.807) is 13.2 Å². The van der Waals surface area contributed by atoms with E-state index < -0.39 is 0 Å². The predicted molar refractivity (Wildman–Crippen MR) is 106 cm³/mol. The number of nitrogens with one attached hydrogen (secondary N) is 1. The molecule has 1 N–H and O–H groups in total. The van der Waals surface area contributed by atoms with Crippen LogP contribution in [0.1, 0.15) is 24.0 Å². The number of methoxy groups -OCH3 is 1. The van der Waals surface area contributed by atoms with E-state index in [9.17, 15) is 9.59 Å². The van der Waals surface area contributed by atoms with Crippen LogP contribution < -0.4 is 10.1 Å².